The standard InChI is InChI=1S/C28H28N4O2/c1-20(33)31-13-14-32(19-22(18-31)15-21-16-24-11-12-29-27(24)30-17-21)28(34)26-10-6-5-9-25(26)23-7-3-2-4-8-23/h2-12,16-17,22H,13-15,18-19H2,1H3,(H,29,30)/t22-/m0/s1. The van der Waals surface area contributed by atoms with Crippen molar-refractivity contribution >= 4 is 22.8 Å². The number of pyridine rings is 1. The van der Waals surface area contributed by atoms with Crippen molar-refractivity contribution < 1.29 is 9.59 Å². The minimum Gasteiger partial charge on any atom is -0.346 e. The first kappa shape index (κ1) is 21.9. The first-order valence-electron chi connectivity index (χ1n) is 11.7. The Balaban J connectivity index is 1.42. The molecular formula is C28H28N4O2. The molecule has 2 amide bonds. The highest BCUT2D eigenvalue weighted by atomic mass is 16.2. The molecule has 2 aromatic heterocycles. The van der Waals surface area contributed by atoms with Crippen molar-refractivity contribution in [2.75, 3.05) is 26.2 Å². The summed E-state index contributed by atoms with van der Waals surface area (Å²) >= 11 is 0. The van der Waals surface area contributed by atoms with Crippen LogP contribution in [0.15, 0.2) is 79.1 Å². The zero-order valence-corrected chi connectivity index (χ0v) is 19.3. The van der Waals surface area contributed by atoms with Crippen molar-refractivity contribution in [3.05, 3.63) is 90.3 Å². The fraction of sp³-hybridized carbons (Fsp3) is 0.250. The molecule has 172 valence electrons. The van der Waals surface area contributed by atoms with E-state index < -0.39 is 0 Å². The van der Waals surface area contributed by atoms with Crippen molar-refractivity contribution in [3.8, 4) is 11.1 Å². The summed E-state index contributed by atoms with van der Waals surface area (Å²) in [7, 11) is 0. The number of hydrogen-bond donors (Lipinski definition) is 1. The zero-order valence-electron chi connectivity index (χ0n) is 19.3. The molecule has 0 bridgehead atoms. The molecule has 0 saturated carbocycles. The maximum atomic E-state index is 13.8. The normalized spacial score (nSPS) is 16.4. The van der Waals surface area contributed by atoms with E-state index in [1.54, 1.807) is 6.92 Å². The molecule has 1 N–H and O–H groups in total. The molecule has 0 unspecified atom stereocenters. The molecule has 1 saturated heterocycles. The van der Waals surface area contributed by atoms with Crippen molar-refractivity contribution in [1.82, 2.24) is 19.8 Å². The fourth-order valence-corrected chi connectivity index (χ4v) is 4.84. The average Bonchev–Trinajstić information content (AvgIpc) is 3.22. The minimum atomic E-state index is 0.00840. The van der Waals surface area contributed by atoms with Crippen LogP contribution in [0.2, 0.25) is 0 Å². The summed E-state index contributed by atoms with van der Waals surface area (Å²) in [5.41, 5.74) is 4.62. The second-order valence-electron chi connectivity index (χ2n) is 8.96. The van der Waals surface area contributed by atoms with Crippen LogP contribution in [0.25, 0.3) is 22.2 Å². The van der Waals surface area contributed by atoms with E-state index in [0.29, 0.717) is 31.7 Å². The van der Waals surface area contributed by atoms with Gasteiger partial charge in [-0.25, -0.2) is 4.98 Å². The van der Waals surface area contributed by atoms with E-state index in [1.165, 1.54) is 0 Å². The Kier molecular flexibility index (Phi) is 6.12. The highest BCUT2D eigenvalue weighted by Gasteiger charge is 2.28. The van der Waals surface area contributed by atoms with Crippen molar-refractivity contribution in [2.45, 2.75) is 13.3 Å². The van der Waals surface area contributed by atoms with Gasteiger partial charge >= 0.3 is 0 Å². The molecular weight excluding hydrogens is 424 g/mol. The third-order valence-corrected chi connectivity index (χ3v) is 6.55. The fourth-order valence-electron chi connectivity index (χ4n) is 4.84. The lowest BCUT2D eigenvalue weighted by Gasteiger charge is -2.25. The number of carbonyl (C=O) groups is 2. The number of aromatic amines is 1. The van der Waals surface area contributed by atoms with Gasteiger partial charge < -0.3 is 14.8 Å². The van der Waals surface area contributed by atoms with E-state index in [0.717, 1.165) is 34.1 Å². The van der Waals surface area contributed by atoms with Crippen molar-refractivity contribution in [3.63, 3.8) is 0 Å². The number of aromatic nitrogens is 2. The Morgan fingerprint density at radius 1 is 0.971 bits per heavy atom. The summed E-state index contributed by atoms with van der Waals surface area (Å²) in [6.07, 6.45) is 4.52. The van der Waals surface area contributed by atoms with Gasteiger partial charge in [0.15, 0.2) is 0 Å². The Hall–Kier alpha value is -3.93. The lowest BCUT2D eigenvalue weighted by molar-refractivity contribution is -0.129. The molecule has 3 heterocycles. The molecule has 0 aliphatic carbocycles. The van der Waals surface area contributed by atoms with Crippen LogP contribution < -0.4 is 0 Å². The monoisotopic (exact) mass is 452 g/mol. The summed E-state index contributed by atoms with van der Waals surface area (Å²) < 4.78 is 0. The maximum absolute atomic E-state index is 13.8. The van der Waals surface area contributed by atoms with E-state index in [9.17, 15) is 9.59 Å². The molecule has 0 spiro atoms. The number of nitrogens with one attached hydrogen (secondary N) is 1. The van der Waals surface area contributed by atoms with Crippen molar-refractivity contribution in [1.29, 1.82) is 0 Å². The topological polar surface area (TPSA) is 69.3 Å². The van der Waals surface area contributed by atoms with Crippen LogP contribution in [0.3, 0.4) is 0 Å². The van der Waals surface area contributed by atoms with Gasteiger partial charge in [0.2, 0.25) is 5.91 Å². The van der Waals surface area contributed by atoms with Gasteiger partial charge in [-0.2, -0.15) is 0 Å². The molecule has 0 radical (unpaired) electrons. The molecule has 4 aromatic rings. The molecule has 1 aliphatic heterocycles. The van der Waals surface area contributed by atoms with E-state index in [4.69, 9.17) is 0 Å². The summed E-state index contributed by atoms with van der Waals surface area (Å²) in [6.45, 7) is 3.89. The molecule has 6 heteroatoms. The quantitative estimate of drug-likeness (QED) is 0.499. The van der Waals surface area contributed by atoms with Crippen LogP contribution in [0.5, 0.6) is 0 Å². The Morgan fingerprint density at radius 2 is 1.71 bits per heavy atom. The highest BCUT2D eigenvalue weighted by molar-refractivity contribution is 6.01. The van der Waals surface area contributed by atoms with Crippen LogP contribution in [0.4, 0.5) is 0 Å². The third-order valence-electron chi connectivity index (χ3n) is 6.55. The van der Waals surface area contributed by atoms with Gasteiger partial charge in [-0.15, -0.1) is 0 Å². The molecule has 34 heavy (non-hydrogen) atoms. The summed E-state index contributed by atoms with van der Waals surface area (Å²) in [6, 6.07) is 21.9. The molecule has 6 nitrogen and oxygen atoms in total. The second-order valence-corrected chi connectivity index (χ2v) is 8.96. The molecule has 5 rings (SSSR count). The van der Waals surface area contributed by atoms with Gasteiger partial charge in [-0.3, -0.25) is 9.59 Å². The predicted molar refractivity (Wildman–Crippen MR) is 133 cm³/mol. The summed E-state index contributed by atoms with van der Waals surface area (Å²) in [5.74, 6) is 0.176. The largest absolute Gasteiger partial charge is 0.346 e. The number of nitrogens with zero attached hydrogens (tertiary/aromatic N) is 3. The van der Waals surface area contributed by atoms with Gasteiger partial charge in [-0.05, 0) is 47.2 Å². The Bertz CT molecular complexity index is 1310. The number of carbonyl (C=O) groups excluding carboxylic acids is 2. The predicted octanol–water partition coefficient (Wildman–Crippen LogP) is 4.39. The number of fused-ring (bicyclic) bond motifs is 1. The van der Waals surface area contributed by atoms with Gasteiger partial charge in [0, 0.05) is 56.4 Å². The van der Waals surface area contributed by atoms with Crippen LogP contribution in [0, 0.1) is 5.92 Å². The Morgan fingerprint density at radius 3 is 2.53 bits per heavy atom. The first-order valence-corrected chi connectivity index (χ1v) is 11.7. The molecule has 2 aromatic carbocycles. The maximum Gasteiger partial charge on any atom is 0.254 e. The second kappa shape index (κ2) is 9.51. The first-order chi connectivity index (χ1) is 16.6. The van der Waals surface area contributed by atoms with E-state index in [2.05, 4.69) is 16.0 Å². The van der Waals surface area contributed by atoms with Gasteiger partial charge in [-0.1, -0.05) is 48.5 Å². The van der Waals surface area contributed by atoms with Gasteiger partial charge in [0.1, 0.15) is 5.65 Å². The van der Waals surface area contributed by atoms with E-state index in [-0.39, 0.29) is 17.7 Å². The van der Waals surface area contributed by atoms with Crippen LogP contribution in [0.1, 0.15) is 22.8 Å². The SMILES string of the molecule is CC(=O)N1CCN(C(=O)c2ccccc2-c2ccccc2)C[C@@H](Cc2cnc3[nH]ccc3c2)C1. The van der Waals surface area contributed by atoms with Crippen LogP contribution in [-0.4, -0.2) is 57.8 Å². The van der Waals surface area contributed by atoms with Crippen LogP contribution in [-0.2, 0) is 11.2 Å². The number of rotatable bonds is 4. The van der Waals surface area contributed by atoms with E-state index in [1.807, 2.05) is 82.9 Å². The lowest BCUT2D eigenvalue weighted by Crippen LogP contribution is -2.37. The number of hydrogen-bond acceptors (Lipinski definition) is 3. The average molecular weight is 453 g/mol. The number of benzene rings is 2. The zero-order chi connectivity index (χ0) is 23.5. The summed E-state index contributed by atoms with van der Waals surface area (Å²) in [5, 5.41) is 1.07. The van der Waals surface area contributed by atoms with E-state index >= 15 is 0 Å². The number of H-pyrrole nitrogens is 1. The van der Waals surface area contributed by atoms with Gasteiger partial charge in [0.05, 0.1) is 0 Å². The lowest BCUT2D eigenvalue weighted by atomic mass is 9.97. The van der Waals surface area contributed by atoms with Crippen molar-refractivity contribution in [2.24, 2.45) is 5.92 Å². The van der Waals surface area contributed by atoms with Crippen LogP contribution >= 0.6 is 0 Å². The molecule has 1 aliphatic rings. The molecule has 1 atom stereocenters. The third kappa shape index (κ3) is 4.57. The van der Waals surface area contributed by atoms with Gasteiger partial charge in [0.25, 0.3) is 5.91 Å². The minimum absolute atomic E-state index is 0.00840. The smallest absolute Gasteiger partial charge is 0.254 e. The molecule has 1 fully saturated rings. The highest BCUT2D eigenvalue weighted by Crippen LogP contribution is 2.26. The number of amides is 2. The Labute approximate surface area is 199 Å². The summed E-state index contributed by atoms with van der Waals surface area (Å²) in [4.78, 5) is 37.5.